The smallest absolute Gasteiger partial charge is 0.321 e. The molecule has 0 saturated heterocycles. The van der Waals surface area contributed by atoms with Crippen LogP contribution in [-0.2, 0) is 32.5 Å². The second kappa shape index (κ2) is 14.6. The van der Waals surface area contributed by atoms with Crippen LogP contribution >= 0.6 is 0 Å². The summed E-state index contributed by atoms with van der Waals surface area (Å²) < 4.78 is 29.9. The summed E-state index contributed by atoms with van der Waals surface area (Å²) in [5.41, 5.74) is 8.21. The fourth-order valence-electron chi connectivity index (χ4n) is 2.70. The van der Waals surface area contributed by atoms with E-state index in [9.17, 15) is 18.0 Å². The zero-order valence-corrected chi connectivity index (χ0v) is 19.6. The fraction of sp³-hybridized carbons (Fsp3) is 0.200. The molecule has 0 radical (unpaired) electrons. The highest BCUT2D eigenvalue weighted by Gasteiger charge is 2.14. The first-order valence-corrected chi connectivity index (χ1v) is 11.8. The Morgan fingerprint density at radius 2 is 1.21 bits per heavy atom. The first kappa shape index (κ1) is 28.5. The van der Waals surface area contributed by atoms with Crippen molar-refractivity contribution >= 4 is 22.1 Å². The van der Waals surface area contributed by atoms with Crippen molar-refractivity contribution < 1.29 is 32.8 Å². The van der Waals surface area contributed by atoms with Crippen LogP contribution in [0.25, 0.3) is 0 Å². The van der Waals surface area contributed by atoms with E-state index in [4.69, 9.17) is 20.5 Å². The second-order valence-electron chi connectivity index (χ2n) is 7.25. The first-order chi connectivity index (χ1) is 16.0. The van der Waals surface area contributed by atoms with Crippen molar-refractivity contribution in [3.05, 3.63) is 102 Å². The van der Waals surface area contributed by atoms with Crippen LogP contribution in [0.4, 0.5) is 0 Å². The minimum absolute atomic E-state index is 0.0278. The summed E-state index contributed by atoms with van der Waals surface area (Å²) in [7, 11) is -4.03. The molecular weight excluding hydrogens is 458 g/mol. The number of hydrogen-bond donors (Lipinski definition) is 4. The topological polar surface area (TPSA) is 155 Å². The van der Waals surface area contributed by atoms with Crippen molar-refractivity contribution in [1.82, 2.24) is 0 Å². The Balaban J connectivity index is 0.000000263. The number of benzene rings is 3. The molecule has 0 saturated carbocycles. The molecule has 0 aliphatic heterocycles. The lowest BCUT2D eigenvalue weighted by atomic mass is 10.0. The van der Waals surface area contributed by atoms with Gasteiger partial charge >= 0.3 is 11.9 Å². The second-order valence-corrected chi connectivity index (χ2v) is 8.64. The average Bonchev–Trinajstić information content (AvgIpc) is 2.79. The zero-order valence-electron chi connectivity index (χ0n) is 18.7. The van der Waals surface area contributed by atoms with Crippen LogP contribution in [0.3, 0.4) is 0 Å². The predicted molar refractivity (Wildman–Crippen MR) is 129 cm³/mol. The van der Waals surface area contributed by atoms with Crippen molar-refractivity contribution in [3.8, 4) is 0 Å². The van der Waals surface area contributed by atoms with E-state index in [1.165, 1.54) is 17.2 Å². The summed E-state index contributed by atoms with van der Waals surface area (Å²) in [5.74, 6) is -2.50. The molecule has 9 heteroatoms. The largest absolute Gasteiger partial charge is 0.481 e. The summed E-state index contributed by atoms with van der Waals surface area (Å²) in [6.45, 7) is 1.63. The van der Waals surface area contributed by atoms with Crippen molar-refractivity contribution in [1.29, 1.82) is 0 Å². The average molecular weight is 488 g/mol. The SMILES string of the molecule is Cc1ccccc1S(=O)(=O)O.N[C@@H](CC(=O)O)C(=O)O.c1ccc(CCc2ccccc2)cc1. The molecule has 3 aromatic carbocycles. The molecule has 0 heterocycles. The maximum atomic E-state index is 10.6. The molecule has 0 aliphatic rings. The number of nitrogens with two attached hydrogens (primary N) is 1. The van der Waals surface area contributed by atoms with Gasteiger partial charge in [0.05, 0.1) is 11.3 Å². The van der Waals surface area contributed by atoms with Crippen molar-refractivity contribution in [2.24, 2.45) is 5.73 Å². The monoisotopic (exact) mass is 487 g/mol. The van der Waals surface area contributed by atoms with Gasteiger partial charge in [-0.25, -0.2) is 0 Å². The number of rotatable bonds is 7. The Labute approximate surface area is 199 Å². The summed E-state index contributed by atoms with van der Waals surface area (Å²) in [6, 6.07) is 26.2. The maximum absolute atomic E-state index is 10.6. The van der Waals surface area contributed by atoms with E-state index in [0.717, 1.165) is 12.8 Å². The molecule has 0 fully saturated rings. The Hall–Kier alpha value is -3.53. The van der Waals surface area contributed by atoms with Crippen LogP contribution in [0.5, 0.6) is 0 Å². The predicted octanol–water partition coefficient (Wildman–Crippen LogP) is 3.59. The molecule has 0 bridgehead atoms. The van der Waals surface area contributed by atoms with Gasteiger partial charge in [-0.2, -0.15) is 8.42 Å². The van der Waals surface area contributed by atoms with Gasteiger partial charge in [-0.3, -0.25) is 14.1 Å². The van der Waals surface area contributed by atoms with Crippen LogP contribution in [0.1, 0.15) is 23.1 Å². The Morgan fingerprint density at radius 1 is 0.794 bits per heavy atom. The summed E-state index contributed by atoms with van der Waals surface area (Å²) >= 11 is 0. The lowest BCUT2D eigenvalue weighted by Gasteiger charge is -2.01. The van der Waals surface area contributed by atoms with E-state index in [1.807, 2.05) is 0 Å². The molecule has 3 aromatic rings. The minimum Gasteiger partial charge on any atom is -0.481 e. The molecule has 0 spiro atoms. The normalized spacial score (nSPS) is 11.1. The molecule has 3 rings (SSSR count). The molecule has 0 amide bonds. The van der Waals surface area contributed by atoms with Crippen molar-refractivity contribution in [2.45, 2.75) is 37.1 Å². The molecular formula is C25H29NO7S. The van der Waals surface area contributed by atoms with Crippen molar-refractivity contribution in [2.75, 3.05) is 0 Å². The van der Waals surface area contributed by atoms with Gasteiger partial charge in [0.15, 0.2) is 0 Å². The van der Waals surface area contributed by atoms with Gasteiger partial charge in [0.2, 0.25) is 0 Å². The number of carboxylic acids is 2. The lowest BCUT2D eigenvalue weighted by Crippen LogP contribution is -2.32. The molecule has 1 atom stereocenters. The third-order valence-corrected chi connectivity index (χ3v) is 5.49. The van der Waals surface area contributed by atoms with Gasteiger partial charge < -0.3 is 15.9 Å². The van der Waals surface area contributed by atoms with E-state index in [2.05, 4.69) is 60.7 Å². The van der Waals surface area contributed by atoms with Crippen LogP contribution < -0.4 is 5.73 Å². The number of aryl methyl sites for hydroxylation is 3. The van der Waals surface area contributed by atoms with Crippen molar-refractivity contribution in [3.63, 3.8) is 0 Å². The number of carbonyl (C=O) groups is 2. The van der Waals surface area contributed by atoms with E-state index in [-0.39, 0.29) is 4.90 Å². The number of aliphatic carboxylic acids is 2. The zero-order chi connectivity index (χ0) is 25.6. The number of hydrogen-bond acceptors (Lipinski definition) is 5. The fourth-order valence-corrected chi connectivity index (χ4v) is 3.42. The van der Waals surface area contributed by atoms with Crippen LogP contribution in [-0.4, -0.2) is 41.2 Å². The van der Waals surface area contributed by atoms with Crippen LogP contribution in [0, 0.1) is 6.92 Å². The molecule has 8 nitrogen and oxygen atoms in total. The number of carboxylic acid groups (broad SMARTS) is 2. The Morgan fingerprint density at radius 3 is 1.50 bits per heavy atom. The molecule has 0 unspecified atom stereocenters. The van der Waals surface area contributed by atoms with E-state index >= 15 is 0 Å². The highest BCUT2D eigenvalue weighted by molar-refractivity contribution is 7.85. The van der Waals surface area contributed by atoms with Crippen LogP contribution in [0.15, 0.2) is 89.8 Å². The Bertz CT molecular complexity index is 1090. The van der Waals surface area contributed by atoms with E-state index in [1.54, 1.807) is 25.1 Å². The van der Waals surface area contributed by atoms with Gasteiger partial charge in [0.25, 0.3) is 10.1 Å². The Kier molecular flexibility index (Phi) is 12.2. The third-order valence-electron chi connectivity index (χ3n) is 4.47. The lowest BCUT2D eigenvalue weighted by molar-refractivity contribution is -0.144. The van der Waals surface area contributed by atoms with E-state index < -0.39 is 34.5 Å². The summed E-state index contributed by atoms with van der Waals surface area (Å²) in [6.07, 6.45) is 1.73. The molecule has 0 aromatic heterocycles. The van der Waals surface area contributed by atoms with Gasteiger partial charge in [0, 0.05) is 0 Å². The molecule has 34 heavy (non-hydrogen) atoms. The van der Waals surface area contributed by atoms with E-state index in [0.29, 0.717) is 5.56 Å². The van der Waals surface area contributed by atoms with Gasteiger partial charge in [0.1, 0.15) is 6.04 Å². The van der Waals surface area contributed by atoms with Crippen LogP contribution in [0.2, 0.25) is 0 Å². The standard InChI is InChI=1S/C14H14.C7H8O3S.C4H7NO4/c1-3-7-13(8-4-1)11-12-14-9-5-2-6-10-14;1-6-4-2-3-5-7(6)11(8,9)10;5-2(4(8)9)1-3(6)7/h1-10H,11-12H2;2-5H,1H3,(H,8,9,10);2H,1,5H2,(H,6,7)(H,8,9)/t;;2-/m..0/s1. The third kappa shape index (κ3) is 11.9. The summed E-state index contributed by atoms with van der Waals surface area (Å²) in [4.78, 5) is 19.6. The first-order valence-electron chi connectivity index (χ1n) is 10.3. The highest BCUT2D eigenvalue weighted by atomic mass is 32.2. The van der Waals surface area contributed by atoms with Gasteiger partial charge in [-0.05, 0) is 42.5 Å². The maximum Gasteiger partial charge on any atom is 0.321 e. The van der Waals surface area contributed by atoms with Gasteiger partial charge in [-0.1, -0.05) is 78.9 Å². The minimum atomic E-state index is -4.03. The molecule has 0 aliphatic carbocycles. The quantitative estimate of drug-likeness (QED) is 0.369. The summed E-state index contributed by atoms with van der Waals surface area (Å²) in [5, 5.41) is 16.0. The molecule has 5 N–H and O–H groups in total. The molecule has 182 valence electrons. The highest BCUT2D eigenvalue weighted by Crippen LogP contribution is 2.12. The van der Waals surface area contributed by atoms with Gasteiger partial charge in [-0.15, -0.1) is 0 Å².